The molecule has 108 valence electrons. The van der Waals surface area contributed by atoms with Gasteiger partial charge in [0.1, 0.15) is 0 Å². The van der Waals surface area contributed by atoms with Crippen molar-refractivity contribution >= 4 is 11.6 Å². The first kappa shape index (κ1) is 13.4. The topological polar surface area (TPSA) is 50.4 Å². The van der Waals surface area contributed by atoms with E-state index in [4.69, 9.17) is 4.74 Å². The lowest BCUT2D eigenvalue weighted by Gasteiger charge is -2.12. The van der Waals surface area contributed by atoms with Gasteiger partial charge in [-0.05, 0) is 30.9 Å². The molecule has 2 heterocycles. The van der Waals surface area contributed by atoms with Gasteiger partial charge in [0.25, 0.3) is 0 Å². The van der Waals surface area contributed by atoms with E-state index in [0.29, 0.717) is 12.3 Å². The molecule has 0 radical (unpaired) electrons. The van der Waals surface area contributed by atoms with Crippen LogP contribution in [0.15, 0.2) is 24.3 Å². The number of benzene rings is 1. The first-order valence-corrected chi connectivity index (χ1v) is 7.54. The third-order valence-corrected chi connectivity index (χ3v) is 4.19. The van der Waals surface area contributed by atoms with E-state index in [1.54, 1.807) is 0 Å². The second kappa shape index (κ2) is 6.27. The first-order valence-electron chi connectivity index (χ1n) is 7.54. The van der Waals surface area contributed by atoms with E-state index < -0.39 is 0 Å². The lowest BCUT2D eigenvalue weighted by atomic mass is 9.98. The zero-order valence-electron chi connectivity index (χ0n) is 11.7. The van der Waals surface area contributed by atoms with Gasteiger partial charge < -0.3 is 15.4 Å². The largest absolute Gasteiger partial charge is 0.384 e. The van der Waals surface area contributed by atoms with Gasteiger partial charge in [0.2, 0.25) is 5.91 Å². The highest BCUT2D eigenvalue weighted by Crippen LogP contribution is 2.32. The molecule has 0 bridgehead atoms. The minimum atomic E-state index is 0.121. The molecule has 2 atom stereocenters. The lowest BCUT2D eigenvalue weighted by Crippen LogP contribution is -2.29. The summed E-state index contributed by atoms with van der Waals surface area (Å²) in [7, 11) is 0. The van der Waals surface area contributed by atoms with Gasteiger partial charge in [0.15, 0.2) is 0 Å². The first-order chi connectivity index (χ1) is 9.83. The van der Waals surface area contributed by atoms with Gasteiger partial charge in [-0.15, -0.1) is 0 Å². The predicted molar refractivity (Wildman–Crippen MR) is 78.9 cm³/mol. The SMILES string of the molecule is O=C(CC1CCCO1)NCCC1CNc2ccccc21. The van der Waals surface area contributed by atoms with Gasteiger partial charge in [-0.2, -0.15) is 0 Å². The molecule has 0 saturated carbocycles. The Morgan fingerprint density at radius 1 is 1.40 bits per heavy atom. The summed E-state index contributed by atoms with van der Waals surface area (Å²) in [6.45, 7) is 2.52. The molecule has 0 spiro atoms. The fraction of sp³-hybridized carbons (Fsp3) is 0.562. The van der Waals surface area contributed by atoms with Crippen molar-refractivity contribution in [1.29, 1.82) is 0 Å². The zero-order chi connectivity index (χ0) is 13.8. The van der Waals surface area contributed by atoms with Crippen LogP contribution in [0.1, 0.15) is 37.2 Å². The summed E-state index contributed by atoms with van der Waals surface area (Å²) < 4.78 is 5.48. The summed E-state index contributed by atoms with van der Waals surface area (Å²) in [5, 5.41) is 6.43. The molecule has 20 heavy (non-hydrogen) atoms. The van der Waals surface area contributed by atoms with Crippen LogP contribution in [-0.4, -0.2) is 31.7 Å². The molecule has 0 aliphatic carbocycles. The number of anilines is 1. The van der Waals surface area contributed by atoms with Crippen LogP contribution in [0.25, 0.3) is 0 Å². The zero-order valence-corrected chi connectivity index (χ0v) is 11.7. The van der Waals surface area contributed by atoms with E-state index in [-0.39, 0.29) is 12.0 Å². The Labute approximate surface area is 119 Å². The summed E-state index contributed by atoms with van der Waals surface area (Å²) in [6, 6.07) is 8.42. The maximum atomic E-state index is 11.8. The average Bonchev–Trinajstić information content (AvgIpc) is 3.09. The molecular weight excluding hydrogens is 252 g/mol. The molecule has 2 unspecified atom stereocenters. The van der Waals surface area contributed by atoms with Crippen LogP contribution >= 0.6 is 0 Å². The van der Waals surface area contributed by atoms with Crippen LogP contribution in [0.3, 0.4) is 0 Å². The molecule has 0 aromatic heterocycles. The van der Waals surface area contributed by atoms with E-state index in [1.807, 2.05) is 0 Å². The Morgan fingerprint density at radius 2 is 2.30 bits per heavy atom. The predicted octanol–water partition coefficient (Wildman–Crippen LogP) is 2.27. The van der Waals surface area contributed by atoms with E-state index >= 15 is 0 Å². The number of nitrogens with one attached hydrogen (secondary N) is 2. The van der Waals surface area contributed by atoms with E-state index in [9.17, 15) is 4.79 Å². The number of rotatable bonds is 5. The summed E-state index contributed by atoms with van der Waals surface area (Å²) in [6.07, 6.45) is 3.75. The molecule has 3 rings (SSSR count). The standard InChI is InChI=1S/C16H22N2O2/c19-16(10-13-4-3-9-20-13)17-8-7-12-11-18-15-6-2-1-5-14(12)15/h1-2,5-6,12-13,18H,3-4,7-11H2,(H,17,19). The molecule has 4 heteroatoms. The van der Waals surface area contributed by atoms with Gasteiger partial charge in [-0.3, -0.25) is 4.79 Å². The Bertz CT molecular complexity index is 469. The number of hydrogen-bond donors (Lipinski definition) is 2. The summed E-state index contributed by atoms with van der Waals surface area (Å²) in [5.74, 6) is 0.630. The molecule has 1 amide bonds. The van der Waals surface area contributed by atoms with Gasteiger partial charge in [0, 0.05) is 31.3 Å². The van der Waals surface area contributed by atoms with Crippen molar-refractivity contribution in [2.75, 3.05) is 25.0 Å². The van der Waals surface area contributed by atoms with Crippen molar-refractivity contribution in [3.8, 4) is 0 Å². The van der Waals surface area contributed by atoms with Crippen molar-refractivity contribution in [3.05, 3.63) is 29.8 Å². The van der Waals surface area contributed by atoms with Crippen molar-refractivity contribution in [2.24, 2.45) is 0 Å². The highest BCUT2D eigenvalue weighted by Gasteiger charge is 2.22. The number of carbonyl (C=O) groups is 1. The monoisotopic (exact) mass is 274 g/mol. The quantitative estimate of drug-likeness (QED) is 0.866. The Balaban J connectivity index is 1.41. The smallest absolute Gasteiger partial charge is 0.222 e. The Hall–Kier alpha value is -1.55. The van der Waals surface area contributed by atoms with E-state index in [1.165, 1.54) is 11.3 Å². The number of carbonyl (C=O) groups excluding carboxylic acids is 1. The van der Waals surface area contributed by atoms with Crippen molar-refractivity contribution in [2.45, 2.75) is 37.7 Å². The minimum absolute atomic E-state index is 0.121. The minimum Gasteiger partial charge on any atom is -0.384 e. The van der Waals surface area contributed by atoms with Gasteiger partial charge in [0.05, 0.1) is 12.5 Å². The van der Waals surface area contributed by atoms with Gasteiger partial charge >= 0.3 is 0 Å². The molecule has 1 fully saturated rings. The van der Waals surface area contributed by atoms with Crippen LogP contribution in [0, 0.1) is 0 Å². The third-order valence-electron chi connectivity index (χ3n) is 4.19. The van der Waals surface area contributed by atoms with Crippen molar-refractivity contribution < 1.29 is 9.53 Å². The molecule has 2 aliphatic rings. The summed E-state index contributed by atoms with van der Waals surface area (Å²) in [5.41, 5.74) is 2.61. The number of amides is 1. The molecule has 4 nitrogen and oxygen atoms in total. The third kappa shape index (κ3) is 3.12. The second-order valence-electron chi connectivity index (χ2n) is 5.64. The fourth-order valence-corrected chi connectivity index (χ4v) is 3.08. The average molecular weight is 274 g/mol. The number of ether oxygens (including phenoxy) is 1. The Kier molecular flexibility index (Phi) is 4.21. The molecule has 2 aliphatic heterocycles. The molecule has 1 aromatic carbocycles. The highest BCUT2D eigenvalue weighted by atomic mass is 16.5. The fourth-order valence-electron chi connectivity index (χ4n) is 3.08. The van der Waals surface area contributed by atoms with Crippen molar-refractivity contribution in [1.82, 2.24) is 5.32 Å². The highest BCUT2D eigenvalue weighted by molar-refractivity contribution is 5.76. The van der Waals surface area contributed by atoms with Crippen molar-refractivity contribution in [3.63, 3.8) is 0 Å². The van der Waals surface area contributed by atoms with Crippen LogP contribution in [-0.2, 0) is 9.53 Å². The number of fused-ring (bicyclic) bond motifs is 1. The Morgan fingerprint density at radius 3 is 3.15 bits per heavy atom. The maximum Gasteiger partial charge on any atom is 0.222 e. The van der Waals surface area contributed by atoms with Crippen LogP contribution in [0.5, 0.6) is 0 Å². The van der Waals surface area contributed by atoms with Crippen LogP contribution < -0.4 is 10.6 Å². The normalized spacial score (nSPS) is 24.2. The molecular formula is C16H22N2O2. The van der Waals surface area contributed by atoms with E-state index in [0.717, 1.165) is 39.0 Å². The molecule has 1 saturated heterocycles. The lowest BCUT2D eigenvalue weighted by molar-refractivity contribution is -0.123. The number of hydrogen-bond acceptors (Lipinski definition) is 3. The van der Waals surface area contributed by atoms with Crippen LogP contribution in [0.4, 0.5) is 5.69 Å². The molecule has 1 aromatic rings. The number of para-hydroxylation sites is 1. The second-order valence-corrected chi connectivity index (χ2v) is 5.64. The van der Waals surface area contributed by atoms with E-state index in [2.05, 4.69) is 34.9 Å². The summed E-state index contributed by atoms with van der Waals surface area (Å²) in [4.78, 5) is 11.8. The van der Waals surface area contributed by atoms with Gasteiger partial charge in [-0.25, -0.2) is 0 Å². The summed E-state index contributed by atoms with van der Waals surface area (Å²) >= 11 is 0. The maximum absolute atomic E-state index is 11.8. The van der Waals surface area contributed by atoms with Crippen LogP contribution in [0.2, 0.25) is 0 Å². The molecule has 2 N–H and O–H groups in total. The van der Waals surface area contributed by atoms with Gasteiger partial charge in [-0.1, -0.05) is 18.2 Å².